The van der Waals surface area contributed by atoms with Crippen molar-refractivity contribution in [1.82, 2.24) is 4.90 Å². The number of rotatable bonds is 2. The maximum absolute atomic E-state index is 5.80. The van der Waals surface area contributed by atoms with Crippen LogP contribution in [0.15, 0.2) is 0 Å². The van der Waals surface area contributed by atoms with E-state index in [1.165, 1.54) is 38.8 Å². The number of nitrogens with two attached hydrogens (primary N) is 1. The summed E-state index contributed by atoms with van der Waals surface area (Å²) in [5, 5.41) is 0. The molecule has 3 nitrogen and oxygen atoms in total. The molecule has 0 amide bonds. The second kappa shape index (κ2) is 5.48. The van der Waals surface area contributed by atoms with E-state index >= 15 is 0 Å². The third kappa shape index (κ3) is 2.96. The van der Waals surface area contributed by atoms with E-state index in [-0.39, 0.29) is 0 Å². The fourth-order valence-corrected chi connectivity index (χ4v) is 3.22. The second-order valence-electron chi connectivity index (χ2n) is 5.60. The molecule has 16 heavy (non-hydrogen) atoms. The molecule has 2 heterocycles. The van der Waals surface area contributed by atoms with Crippen molar-refractivity contribution in [2.75, 3.05) is 19.6 Å². The SMILES string of the molecule is CC1CC(N2CCC(CN)CC2)CC(C)O1. The molecule has 2 aliphatic rings. The van der Waals surface area contributed by atoms with Crippen LogP contribution in [0.25, 0.3) is 0 Å². The Labute approximate surface area is 99.3 Å². The highest BCUT2D eigenvalue weighted by molar-refractivity contribution is 4.84. The predicted molar refractivity (Wildman–Crippen MR) is 66.4 cm³/mol. The number of hydrogen-bond acceptors (Lipinski definition) is 3. The maximum Gasteiger partial charge on any atom is 0.0565 e. The molecule has 2 fully saturated rings. The fraction of sp³-hybridized carbons (Fsp3) is 1.00. The smallest absolute Gasteiger partial charge is 0.0565 e. The molecular weight excluding hydrogens is 200 g/mol. The molecule has 3 heteroatoms. The first-order chi connectivity index (χ1) is 7.69. The minimum absolute atomic E-state index is 0.431. The predicted octanol–water partition coefficient (Wildman–Crippen LogP) is 1.61. The van der Waals surface area contributed by atoms with Crippen molar-refractivity contribution < 1.29 is 4.74 Å². The molecule has 0 aromatic carbocycles. The molecule has 2 rings (SSSR count). The highest BCUT2D eigenvalue weighted by Crippen LogP contribution is 2.27. The lowest BCUT2D eigenvalue weighted by Gasteiger charge is -2.42. The summed E-state index contributed by atoms with van der Waals surface area (Å²) in [5.41, 5.74) is 5.73. The van der Waals surface area contributed by atoms with Crippen LogP contribution >= 0.6 is 0 Å². The monoisotopic (exact) mass is 226 g/mol. The van der Waals surface area contributed by atoms with Gasteiger partial charge < -0.3 is 15.4 Å². The molecule has 2 N–H and O–H groups in total. The third-order valence-corrected chi connectivity index (χ3v) is 4.17. The van der Waals surface area contributed by atoms with Gasteiger partial charge in [-0.05, 0) is 65.1 Å². The van der Waals surface area contributed by atoms with E-state index in [0.717, 1.165) is 18.5 Å². The van der Waals surface area contributed by atoms with Crippen molar-refractivity contribution in [2.45, 2.75) is 57.8 Å². The van der Waals surface area contributed by atoms with Crippen molar-refractivity contribution in [2.24, 2.45) is 11.7 Å². The van der Waals surface area contributed by atoms with Crippen LogP contribution < -0.4 is 5.73 Å². The van der Waals surface area contributed by atoms with Gasteiger partial charge in [-0.15, -0.1) is 0 Å². The van der Waals surface area contributed by atoms with Gasteiger partial charge in [-0.3, -0.25) is 0 Å². The quantitative estimate of drug-likeness (QED) is 0.777. The van der Waals surface area contributed by atoms with Crippen molar-refractivity contribution in [1.29, 1.82) is 0 Å². The Morgan fingerprint density at radius 1 is 1.12 bits per heavy atom. The number of piperidine rings is 1. The van der Waals surface area contributed by atoms with Gasteiger partial charge in [-0.25, -0.2) is 0 Å². The van der Waals surface area contributed by atoms with Crippen LogP contribution in [0.3, 0.4) is 0 Å². The van der Waals surface area contributed by atoms with E-state index < -0.39 is 0 Å². The number of likely N-dealkylation sites (tertiary alicyclic amines) is 1. The number of nitrogens with zero attached hydrogens (tertiary/aromatic N) is 1. The molecule has 0 spiro atoms. The Kier molecular flexibility index (Phi) is 4.22. The van der Waals surface area contributed by atoms with Crippen LogP contribution in [0.4, 0.5) is 0 Å². The standard InChI is InChI=1S/C13H26N2O/c1-10-7-13(8-11(2)16-10)15-5-3-12(9-14)4-6-15/h10-13H,3-9,14H2,1-2H3. The van der Waals surface area contributed by atoms with E-state index in [1.807, 2.05) is 0 Å². The zero-order chi connectivity index (χ0) is 11.5. The Morgan fingerprint density at radius 2 is 1.69 bits per heavy atom. The van der Waals surface area contributed by atoms with E-state index in [2.05, 4.69) is 18.7 Å². The summed E-state index contributed by atoms with van der Waals surface area (Å²) in [6, 6.07) is 0.748. The molecule has 94 valence electrons. The first-order valence-electron chi connectivity index (χ1n) is 6.78. The lowest BCUT2D eigenvalue weighted by atomic mass is 9.92. The van der Waals surface area contributed by atoms with Crippen molar-refractivity contribution in [3.63, 3.8) is 0 Å². The second-order valence-corrected chi connectivity index (χ2v) is 5.60. The van der Waals surface area contributed by atoms with Crippen LogP contribution in [0.2, 0.25) is 0 Å². The van der Waals surface area contributed by atoms with Crippen molar-refractivity contribution in [3.8, 4) is 0 Å². The van der Waals surface area contributed by atoms with Gasteiger partial charge in [0, 0.05) is 6.04 Å². The maximum atomic E-state index is 5.80. The lowest BCUT2D eigenvalue weighted by Crippen LogP contribution is -2.48. The third-order valence-electron chi connectivity index (χ3n) is 4.17. The Morgan fingerprint density at radius 3 is 2.19 bits per heavy atom. The molecule has 2 unspecified atom stereocenters. The summed E-state index contributed by atoms with van der Waals surface area (Å²) in [5.74, 6) is 0.769. The molecule has 2 atom stereocenters. The molecule has 0 saturated carbocycles. The van der Waals surface area contributed by atoms with Gasteiger partial charge in [-0.1, -0.05) is 0 Å². The minimum Gasteiger partial charge on any atom is -0.375 e. The van der Waals surface area contributed by atoms with E-state index in [4.69, 9.17) is 10.5 Å². The van der Waals surface area contributed by atoms with Crippen LogP contribution in [0, 0.1) is 5.92 Å². The summed E-state index contributed by atoms with van der Waals surface area (Å²) in [6.07, 6.45) is 5.85. The summed E-state index contributed by atoms with van der Waals surface area (Å²) in [4.78, 5) is 2.67. The highest BCUT2D eigenvalue weighted by Gasteiger charge is 2.30. The Hall–Kier alpha value is -0.120. The normalized spacial score (nSPS) is 38.8. The molecule has 2 aliphatic heterocycles. The molecule has 0 aromatic rings. The van der Waals surface area contributed by atoms with Crippen molar-refractivity contribution in [3.05, 3.63) is 0 Å². The summed E-state index contributed by atoms with van der Waals surface area (Å²) in [6.45, 7) is 7.76. The van der Waals surface area contributed by atoms with E-state index in [9.17, 15) is 0 Å². The van der Waals surface area contributed by atoms with Gasteiger partial charge in [0.2, 0.25) is 0 Å². The molecular formula is C13H26N2O. The molecule has 0 aliphatic carbocycles. The summed E-state index contributed by atoms with van der Waals surface area (Å²) < 4.78 is 5.80. The fourth-order valence-electron chi connectivity index (χ4n) is 3.22. The lowest BCUT2D eigenvalue weighted by molar-refractivity contribution is -0.0693. The molecule has 0 radical (unpaired) electrons. The van der Waals surface area contributed by atoms with Gasteiger partial charge in [0.15, 0.2) is 0 Å². The first kappa shape index (κ1) is 12.3. The Bertz CT molecular complexity index is 204. The molecule has 2 saturated heterocycles. The molecule has 0 aromatic heterocycles. The highest BCUT2D eigenvalue weighted by atomic mass is 16.5. The van der Waals surface area contributed by atoms with E-state index in [0.29, 0.717) is 12.2 Å². The van der Waals surface area contributed by atoms with Crippen LogP contribution in [0.5, 0.6) is 0 Å². The van der Waals surface area contributed by atoms with Gasteiger partial charge in [-0.2, -0.15) is 0 Å². The summed E-state index contributed by atoms with van der Waals surface area (Å²) in [7, 11) is 0. The molecule has 0 bridgehead atoms. The van der Waals surface area contributed by atoms with Gasteiger partial charge in [0.05, 0.1) is 12.2 Å². The van der Waals surface area contributed by atoms with Gasteiger partial charge in [0.25, 0.3) is 0 Å². The van der Waals surface area contributed by atoms with E-state index in [1.54, 1.807) is 0 Å². The number of ether oxygens (including phenoxy) is 1. The average molecular weight is 226 g/mol. The van der Waals surface area contributed by atoms with Crippen LogP contribution in [-0.4, -0.2) is 42.8 Å². The average Bonchev–Trinajstić information content (AvgIpc) is 2.28. The largest absolute Gasteiger partial charge is 0.375 e. The number of hydrogen-bond donors (Lipinski definition) is 1. The topological polar surface area (TPSA) is 38.5 Å². The zero-order valence-corrected chi connectivity index (χ0v) is 10.7. The van der Waals surface area contributed by atoms with Crippen LogP contribution in [0.1, 0.15) is 39.5 Å². The Balaban J connectivity index is 1.83. The zero-order valence-electron chi connectivity index (χ0n) is 10.7. The van der Waals surface area contributed by atoms with Crippen molar-refractivity contribution >= 4 is 0 Å². The van der Waals surface area contributed by atoms with Gasteiger partial charge in [0.1, 0.15) is 0 Å². The van der Waals surface area contributed by atoms with Gasteiger partial charge >= 0.3 is 0 Å². The summed E-state index contributed by atoms with van der Waals surface area (Å²) >= 11 is 0. The first-order valence-corrected chi connectivity index (χ1v) is 6.78. The van der Waals surface area contributed by atoms with Crippen LogP contribution in [-0.2, 0) is 4.74 Å². The minimum atomic E-state index is 0.431.